The van der Waals surface area contributed by atoms with Gasteiger partial charge in [-0.1, -0.05) is 13.8 Å². The minimum absolute atomic E-state index is 0.0648. The first kappa shape index (κ1) is 22.1. The second kappa shape index (κ2) is 8.65. The predicted octanol–water partition coefficient (Wildman–Crippen LogP) is 5.59. The van der Waals surface area contributed by atoms with Gasteiger partial charge in [-0.05, 0) is 43.3 Å². The second-order valence-electron chi connectivity index (χ2n) is 8.82. The average Bonchev–Trinajstić information content (AvgIpc) is 3.61. The average molecular weight is 495 g/mol. The zero-order valence-corrected chi connectivity index (χ0v) is 20.6. The number of imidazole rings is 1. The van der Waals surface area contributed by atoms with Crippen molar-refractivity contribution >= 4 is 45.1 Å². The first-order valence-electron chi connectivity index (χ1n) is 11.5. The number of aromatic nitrogens is 7. The molecule has 178 valence electrons. The van der Waals surface area contributed by atoms with Gasteiger partial charge in [0, 0.05) is 39.2 Å². The number of carbonyl (C=O) groups excluding carboxylic acids is 1. The SMILES string of the molecule is Cc1ccc(-c2ccnc3nc(-c4n[nH]c5ccc(-c6cncc(NC(=O)C(C)C)c6)nc45)[nH]c23)s1. The van der Waals surface area contributed by atoms with E-state index in [-0.39, 0.29) is 11.8 Å². The van der Waals surface area contributed by atoms with Gasteiger partial charge in [0.25, 0.3) is 0 Å². The van der Waals surface area contributed by atoms with Crippen LogP contribution in [0.1, 0.15) is 18.7 Å². The van der Waals surface area contributed by atoms with Gasteiger partial charge in [-0.25, -0.2) is 15.0 Å². The molecule has 6 aromatic heterocycles. The van der Waals surface area contributed by atoms with Crippen LogP contribution in [0.25, 0.3) is 55.4 Å². The number of pyridine rings is 3. The summed E-state index contributed by atoms with van der Waals surface area (Å²) in [6.07, 6.45) is 5.12. The molecule has 0 aliphatic rings. The minimum Gasteiger partial charge on any atom is -0.335 e. The van der Waals surface area contributed by atoms with Gasteiger partial charge >= 0.3 is 0 Å². The number of carbonyl (C=O) groups is 1. The number of nitrogens with one attached hydrogen (secondary N) is 3. The maximum atomic E-state index is 12.1. The summed E-state index contributed by atoms with van der Waals surface area (Å²) in [6.45, 7) is 5.79. The van der Waals surface area contributed by atoms with Crippen LogP contribution in [-0.4, -0.2) is 41.0 Å². The minimum atomic E-state index is -0.126. The quantitative estimate of drug-likeness (QED) is 0.287. The summed E-state index contributed by atoms with van der Waals surface area (Å²) in [5.74, 6) is 0.398. The highest BCUT2D eigenvalue weighted by Crippen LogP contribution is 2.34. The normalized spacial score (nSPS) is 11.6. The Balaban J connectivity index is 1.41. The van der Waals surface area contributed by atoms with Crippen LogP contribution in [-0.2, 0) is 4.79 Å². The molecule has 0 spiro atoms. The maximum absolute atomic E-state index is 12.1. The lowest BCUT2D eigenvalue weighted by atomic mass is 10.1. The zero-order valence-electron chi connectivity index (χ0n) is 19.8. The number of H-pyrrole nitrogens is 2. The number of thiophene rings is 1. The Labute approximate surface area is 210 Å². The van der Waals surface area contributed by atoms with Crippen LogP contribution >= 0.6 is 11.3 Å². The molecule has 6 heterocycles. The van der Waals surface area contributed by atoms with Crippen molar-refractivity contribution in [3.63, 3.8) is 0 Å². The highest BCUT2D eigenvalue weighted by Gasteiger charge is 2.18. The Morgan fingerprint density at radius 1 is 1.08 bits per heavy atom. The van der Waals surface area contributed by atoms with Crippen LogP contribution in [0.15, 0.2) is 55.0 Å². The molecule has 6 rings (SSSR count). The largest absolute Gasteiger partial charge is 0.335 e. The number of anilines is 1. The fourth-order valence-electron chi connectivity index (χ4n) is 3.97. The Kier molecular flexibility index (Phi) is 5.30. The first-order chi connectivity index (χ1) is 17.5. The number of fused-ring (bicyclic) bond motifs is 2. The Hall–Kier alpha value is -4.44. The number of rotatable bonds is 5. The number of hydrogen-bond donors (Lipinski definition) is 3. The molecular weight excluding hydrogens is 472 g/mol. The fraction of sp³-hybridized carbons (Fsp3) is 0.154. The van der Waals surface area contributed by atoms with E-state index in [0.717, 1.165) is 27.0 Å². The predicted molar refractivity (Wildman–Crippen MR) is 142 cm³/mol. The third-order valence-corrected chi connectivity index (χ3v) is 6.89. The van der Waals surface area contributed by atoms with Crippen molar-refractivity contribution in [3.8, 4) is 33.2 Å². The molecule has 0 aliphatic heterocycles. The lowest BCUT2D eigenvalue weighted by Gasteiger charge is -2.08. The van der Waals surface area contributed by atoms with Gasteiger partial charge in [-0.3, -0.25) is 14.9 Å². The third-order valence-electron chi connectivity index (χ3n) is 5.86. The lowest BCUT2D eigenvalue weighted by Crippen LogP contribution is -2.17. The standard InChI is InChI=1S/C26H22N8OS/c1-13(2)26(35)29-16-10-15(11-27-12-16)18-5-6-19-22(30-18)23(34-33-19)25-31-21-17(8-9-28-24(21)32-25)20-7-4-14(3)36-20/h4-13H,1-3H3,(H,29,35)(H,33,34)(H,28,31,32). The van der Waals surface area contributed by atoms with E-state index in [2.05, 4.69) is 49.5 Å². The smallest absolute Gasteiger partial charge is 0.226 e. The number of hydrogen-bond acceptors (Lipinski definition) is 7. The molecule has 10 heteroatoms. The molecule has 0 unspecified atom stereocenters. The number of amides is 1. The maximum Gasteiger partial charge on any atom is 0.226 e. The van der Waals surface area contributed by atoms with Crippen LogP contribution in [0.5, 0.6) is 0 Å². The van der Waals surface area contributed by atoms with Crippen LogP contribution in [0.3, 0.4) is 0 Å². The van der Waals surface area contributed by atoms with E-state index in [1.54, 1.807) is 29.9 Å². The highest BCUT2D eigenvalue weighted by atomic mass is 32.1. The van der Waals surface area contributed by atoms with Gasteiger partial charge < -0.3 is 10.3 Å². The van der Waals surface area contributed by atoms with Gasteiger partial charge in [0.1, 0.15) is 5.52 Å². The summed E-state index contributed by atoms with van der Waals surface area (Å²) >= 11 is 1.73. The van der Waals surface area contributed by atoms with Crippen molar-refractivity contribution in [1.82, 2.24) is 35.1 Å². The van der Waals surface area contributed by atoms with Gasteiger partial charge in [0.2, 0.25) is 5.91 Å². The fourth-order valence-corrected chi connectivity index (χ4v) is 4.87. The van der Waals surface area contributed by atoms with E-state index in [1.165, 1.54) is 4.88 Å². The van der Waals surface area contributed by atoms with Gasteiger partial charge in [-0.2, -0.15) is 5.10 Å². The lowest BCUT2D eigenvalue weighted by molar-refractivity contribution is -0.118. The number of aryl methyl sites for hydroxylation is 1. The first-order valence-corrected chi connectivity index (χ1v) is 12.3. The van der Waals surface area contributed by atoms with E-state index in [1.807, 2.05) is 38.1 Å². The molecule has 6 aromatic rings. The molecule has 0 aromatic carbocycles. The monoisotopic (exact) mass is 494 g/mol. The van der Waals surface area contributed by atoms with E-state index in [9.17, 15) is 4.79 Å². The van der Waals surface area contributed by atoms with Crippen LogP contribution in [0, 0.1) is 12.8 Å². The van der Waals surface area contributed by atoms with Crippen molar-refractivity contribution in [2.75, 3.05) is 5.32 Å². The van der Waals surface area contributed by atoms with Crippen molar-refractivity contribution < 1.29 is 4.79 Å². The Morgan fingerprint density at radius 3 is 2.78 bits per heavy atom. The Morgan fingerprint density at radius 2 is 1.97 bits per heavy atom. The van der Waals surface area contributed by atoms with Crippen molar-refractivity contribution in [2.45, 2.75) is 20.8 Å². The molecule has 1 amide bonds. The topological polar surface area (TPSA) is 125 Å². The molecule has 0 fully saturated rings. The third kappa shape index (κ3) is 3.91. The summed E-state index contributed by atoms with van der Waals surface area (Å²) in [5.41, 5.74) is 6.73. The molecule has 0 aliphatic carbocycles. The molecule has 0 saturated carbocycles. The second-order valence-corrected chi connectivity index (χ2v) is 10.1. The number of aromatic amines is 2. The summed E-state index contributed by atoms with van der Waals surface area (Å²) in [4.78, 5) is 36.3. The van der Waals surface area contributed by atoms with Crippen LogP contribution in [0.2, 0.25) is 0 Å². The number of nitrogens with zero attached hydrogens (tertiary/aromatic N) is 5. The van der Waals surface area contributed by atoms with Crippen LogP contribution in [0.4, 0.5) is 5.69 Å². The molecule has 36 heavy (non-hydrogen) atoms. The molecular formula is C26H22N8OS. The molecule has 0 bridgehead atoms. The summed E-state index contributed by atoms with van der Waals surface area (Å²) in [5, 5.41) is 10.4. The summed E-state index contributed by atoms with van der Waals surface area (Å²) in [7, 11) is 0. The summed E-state index contributed by atoms with van der Waals surface area (Å²) < 4.78 is 0. The van der Waals surface area contributed by atoms with Crippen molar-refractivity contribution in [2.24, 2.45) is 5.92 Å². The summed E-state index contributed by atoms with van der Waals surface area (Å²) in [6, 6.07) is 11.9. The van der Waals surface area contributed by atoms with Gasteiger partial charge in [-0.15, -0.1) is 11.3 Å². The van der Waals surface area contributed by atoms with E-state index in [0.29, 0.717) is 34.1 Å². The molecule has 0 atom stereocenters. The molecule has 0 saturated heterocycles. The zero-order chi connectivity index (χ0) is 24.8. The van der Waals surface area contributed by atoms with Gasteiger partial charge in [0.15, 0.2) is 17.2 Å². The van der Waals surface area contributed by atoms with Crippen LogP contribution < -0.4 is 5.32 Å². The molecule has 0 radical (unpaired) electrons. The van der Waals surface area contributed by atoms with E-state index in [4.69, 9.17) is 9.97 Å². The molecule has 3 N–H and O–H groups in total. The van der Waals surface area contributed by atoms with E-state index >= 15 is 0 Å². The highest BCUT2D eigenvalue weighted by molar-refractivity contribution is 7.15. The van der Waals surface area contributed by atoms with E-state index < -0.39 is 0 Å². The van der Waals surface area contributed by atoms with Crippen molar-refractivity contribution in [1.29, 1.82) is 0 Å². The van der Waals surface area contributed by atoms with Crippen molar-refractivity contribution in [3.05, 3.63) is 59.9 Å². The Bertz CT molecular complexity index is 1750. The van der Waals surface area contributed by atoms with Gasteiger partial charge in [0.05, 0.1) is 28.6 Å². The molecule has 9 nitrogen and oxygen atoms in total.